The number of aromatic nitrogens is 6. The molecule has 4 aromatic heterocycles. The summed E-state index contributed by atoms with van der Waals surface area (Å²) in [7, 11) is 0. The van der Waals surface area contributed by atoms with Gasteiger partial charge in [-0.05, 0) is 37.6 Å². The fraction of sp³-hybridized carbons (Fsp3) is 0.348. The lowest BCUT2D eigenvalue weighted by molar-refractivity contribution is 0.309. The van der Waals surface area contributed by atoms with E-state index in [0.29, 0.717) is 17.8 Å². The number of rotatable bonds is 6. The Hall–Kier alpha value is -3.39. The second-order valence-corrected chi connectivity index (χ2v) is 8.31. The van der Waals surface area contributed by atoms with E-state index in [1.807, 2.05) is 35.3 Å². The summed E-state index contributed by atoms with van der Waals surface area (Å²) >= 11 is 0. The summed E-state index contributed by atoms with van der Waals surface area (Å²) in [4.78, 5) is 15.6. The highest BCUT2D eigenvalue weighted by Crippen LogP contribution is 2.39. The van der Waals surface area contributed by atoms with Crippen molar-refractivity contribution in [2.75, 3.05) is 13.1 Å². The van der Waals surface area contributed by atoms with E-state index in [1.54, 1.807) is 18.6 Å². The molecule has 8 heteroatoms. The van der Waals surface area contributed by atoms with Crippen LogP contribution in [0, 0.1) is 0 Å². The maximum atomic E-state index is 5.74. The zero-order chi connectivity index (χ0) is 21.2. The Balaban J connectivity index is 1.41. The first-order valence-corrected chi connectivity index (χ1v) is 10.6. The Morgan fingerprint density at radius 3 is 2.61 bits per heavy atom. The van der Waals surface area contributed by atoms with Gasteiger partial charge in [0.1, 0.15) is 0 Å². The highest BCUT2D eigenvalue weighted by Gasteiger charge is 2.38. The standard InChI is InChI=1S/C23H25N7O/c1-16(2)30-13-17(10-26-30)12-29-14-20(19-4-3-7-25-11-19)21(15-29)23-27-22(28-31-23)18-5-8-24-9-6-18/h3-11,13,16,20-21H,12,14-15H2,1-2H3/t20-,21+/m0/s1. The molecule has 1 aliphatic heterocycles. The van der Waals surface area contributed by atoms with Gasteiger partial charge < -0.3 is 4.52 Å². The average Bonchev–Trinajstić information content (AvgIpc) is 3.55. The quantitative estimate of drug-likeness (QED) is 0.475. The van der Waals surface area contributed by atoms with Gasteiger partial charge in [-0.1, -0.05) is 11.2 Å². The molecule has 0 aliphatic carbocycles. The molecule has 2 atom stereocenters. The Labute approximate surface area is 181 Å². The van der Waals surface area contributed by atoms with Gasteiger partial charge in [-0.2, -0.15) is 10.1 Å². The molecule has 1 aliphatic rings. The van der Waals surface area contributed by atoms with Crippen molar-refractivity contribution in [3.8, 4) is 11.4 Å². The summed E-state index contributed by atoms with van der Waals surface area (Å²) < 4.78 is 7.74. The van der Waals surface area contributed by atoms with Crippen LogP contribution in [0.4, 0.5) is 0 Å². The lowest BCUT2D eigenvalue weighted by Crippen LogP contribution is -2.20. The van der Waals surface area contributed by atoms with Gasteiger partial charge in [-0.3, -0.25) is 19.5 Å². The van der Waals surface area contributed by atoms with Gasteiger partial charge in [0.2, 0.25) is 11.7 Å². The van der Waals surface area contributed by atoms with E-state index in [9.17, 15) is 0 Å². The number of hydrogen-bond donors (Lipinski definition) is 0. The van der Waals surface area contributed by atoms with Gasteiger partial charge in [0.05, 0.1) is 12.1 Å². The van der Waals surface area contributed by atoms with E-state index < -0.39 is 0 Å². The summed E-state index contributed by atoms with van der Waals surface area (Å²) in [6.45, 7) is 6.85. The molecule has 0 aromatic carbocycles. The zero-order valence-electron chi connectivity index (χ0n) is 17.7. The molecule has 0 unspecified atom stereocenters. The Kier molecular flexibility index (Phi) is 5.30. The normalized spacial score (nSPS) is 19.3. The zero-order valence-corrected chi connectivity index (χ0v) is 17.7. The maximum Gasteiger partial charge on any atom is 0.232 e. The van der Waals surface area contributed by atoms with Gasteiger partial charge in [0, 0.05) is 73.7 Å². The number of nitrogens with zero attached hydrogens (tertiary/aromatic N) is 7. The van der Waals surface area contributed by atoms with Crippen LogP contribution in [0.5, 0.6) is 0 Å². The van der Waals surface area contributed by atoms with Crippen LogP contribution < -0.4 is 0 Å². The fourth-order valence-electron chi connectivity index (χ4n) is 4.20. The maximum absolute atomic E-state index is 5.74. The lowest BCUT2D eigenvalue weighted by atomic mass is 9.90. The van der Waals surface area contributed by atoms with Gasteiger partial charge >= 0.3 is 0 Å². The topological polar surface area (TPSA) is 85.8 Å². The van der Waals surface area contributed by atoms with Crippen molar-refractivity contribution >= 4 is 0 Å². The second kappa shape index (κ2) is 8.39. The molecule has 1 saturated heterocycles. The predicted molar refractivity (Wildman–Crippen MR) is 115 cm³/mol. The van der Waals surface area contributed by atoms with Crippen molar-refractivity contribution in [3.63, 3.8) is 0 Å². The van der Waals surface area contributed by atoms with Crippen molar-refractivity contribution in [1.29, 1.82) is 0 Å². The molecular formula is C23H25N7O. The molecule has 0 spiro atoms. The molecule has 5 heterocycles. The first kappa shape index (κ1) is 19.6. The van der Waals surface area contributed by atoms with E-state index in [2.05, 4.69) is 51.2 Å². The van der Waals surface area contributed by atoms with Crippen LogP contribution in [0.2, 0.25) is 0 Å². The van der Waals surface area contributed by atoms with Gasteiger partial charge in [0.25, 0.3) is 0 Å². The van der Waals surface area contributed by atoms with Gasteiger partial charge in [-0.15, -0.1) is 0 Å². The minimum atomic E-state index is 0.104. The SMILES string of the molecule is CC(C)n1cc(CN2C[C@@H](c3cccnc3)[C@H](c3nc(-c4ccncc4)no3)C2)cn1. The van der Waals surface area contributed by atoms with Crippen molar-refractivity contribution in [2.24, 2.45) is 0 Å². The Morgan fingerprint density at radius 1 is 1.03 bits per heavy atom. The molecule has 4 aromatic rings. The van der Waals surface area contributed by atoms with Crippen LogP contribution in [0.1, 0.15) is 48.7 Å². The molecule has 8 nitrogen and oxygen atoms in total. The second-order valence-electron chi connectivity index (χ2n) is 8.31. The van der Waals surface area contributed by atoms with Crippen molar-refractivity contribution in [2.45, 2.75) is 38.3 Å². The largest absolute Gasteiger partial charge is 0.339 e. The first-order chi connectivity index (χ1) is 15.2. The predicted octanol–water partition coefficient (Wildman–Crippen LogP) is 3.69. The molecule has 31 heavy (non-hydrogen) atoms. The molecule has 0 N–H and O–H groups in total. The minimum absolute atomic E-state index is 0.104. The molecule has 1 fully saturated rings. The van der Waals surface area contributed by atoms with Crippen LogP contribution in [0.25, 0.3) is 11.4 Å². The van der Waals surface area contributed by atoms with Crippen LogP contribution in [-0.2, 0) is 6.54 Å². The van der Waals surface area contributed by atoms with Crippen LogP contribution in [-0.4, -0.2) is 47.9 Å². The fourth-order valence-corrected chi connectivity index (χ4v) is 4.20. The van der Waals surface area contributed by atoms with Crippen LogP contribution >= 0.6 is 0 Å². The Morgan fingerprint density at radius 2 is 1.87 bits per heavy atom. The Bertz CT molecular complexity index is 1120. The highest BCUT2D eigenvalue weighted by molar-refractivity contribution is 5.52. The molecule has 0 radical (unpaired) electrons. The molecule has 158 valence electrons. The van der Waals surface area contributed by atoms with Crippen LogP contribution in [0.3, 0.4) is 0 Å². The first-order valence-electron chi connectivity index (χ1n) is 10.6. The molecule has 5 rings (SSSR count). The third-order valence-electron chi connectivity index (χ3n) is 5.80. The van der Waals surface area contributed by atoms with Crippen molar-refractivity contribution in [3.05, 3.63) is 78.5 Å². The van der Waals surface area contributed by atoms with Crippen molar-refractivity contribution < 1.29 is 4.52 Å². The third kappa shape index (κ3) is 4.11. The summed E-state index contributed by atoms with van der Waals surface area (Å²) in [5.74, 6) is 1.60. The smallest absolute Gasteiger partial charge is 0.232 e. The molecule has 0 amide bonds. The number of likely N-dealkylation sites (tertiary alicyclic amines) is 1. The molecule has 0 saturated carbocycles. The minimum Gasteiger partial charge on any atom is -0.339 e. The molecule has 0 bridgehead atoms. The highest BCUT2D eigenvalue weighted by atomic mass is 16.5. The van der Waals surface area contributed by atoms with Gasteiger partial charge in [0.15, 0.2) is 0 Å². The molecular weight excluding hydrogens is 390 g/mol. The van der Waals surface area contributed by atoms with E-state index >= 15 is 0 Å². The average molecular weight is 416 g/mol. The van der Waals surface area contributed by atoms with E-state index in [4.69, 9.17) is 9.51 Å². The van der Waals surface area contributed by atoms with E-state index in [1.165, 1.54) is 11.1 Å². The van der Waals surface area contributed by atoms with E-state index in [-0.39, 0.29) is 11.8 Å². The third-order valence-corrected chi connectivity index (χ3v) is 5.80. The van der Waals surface area contributed by atoms with E-state index in [0.717, 1.165) is 25.2 Å². The van der Waals surface area contributed by atoms with Gasteiger partial charge in [-0.25, -0.2) is 0 Å². The summed E-state index contributed by atoms with van der Waals surface area (Å²) in [5.41, 5.74) is 3.30. The van der Waals surface area contributed by atoms with Crippen molar-refractivity contribution in [1.82, 2.24) is 34.8 Å². The summed E-state index contributed by atoms with van der Waals surface area (Å²) in [6.07, 6.45) is 11.3. The summed E-state index contributed by atoms with van der Waals surface area (Å²) in [6, 6.07) is 8.25. The number of hydrogen-bond acceptors (Lipinski definition) is 7. The van der Waals surface area contributed by atoms with Crippen LogP contribution in [0.15, 0.2) is 66.0 Å². The summed E-state index contributed by atoms with van der Waals surface area (Å²) in [5, 5.41) is 8.71. The number of pyridine rings is 2. The lowest BCUT2D eigenvalue weighted by Gasteiger charge is -2.15. The monoisotopic (exact) mass is 415 g/mol.